The van der Waals surface area contributed by atoms with Crippen molar-refractivity contribution in [2.45, 2.75) is 109 Å². The van der Waals surface area contributed by atoms with E-state index in [0.717, 1.165) is 24.3 Å². The maximum absolute atomic E-state index is 13.1. The predicted molar refractivity (Wildman–Crippen MR) is 176 cm³/mol. The SMILES string of the molecule is C=C.C=C(/C=C\N=C(C)C)/C(C)=C(/NC=NCCC)c1cccc(C(F)(F)F)c1.CC.CC(C)(C)C.CCCC. The van der Waals surface area contributed by atoms with Crippen molar-refractivity contribution in [1.82, 2.24) is 5.32 Å². The Morgan fingerprint density at radius 2 is 1.43 bits per heavy atom. The second-order valence-corrected chi connectivity index (χ2v) is 10.2. The van der Waals surface area contributed by atoms with E-state index < -0.39 is 11.7 Å². The van der Waals surface area contributed by atoms with E-state index >= 15 is 0 Å². The van der Waals surface area contributed by atoms with Gasteiger partial charge < -0.3 is 5.32 Å². The molecule has 0 bridgehead atoms. The number of hydrogen-bond donors (Lipinski definition) is 1. The first-order valence-electron chi connectivity index (χ1n) is 14.1. The molecule has 1 rings (SSSR count). The molecular formula is C34H58F3N3. The van der Waals surface area contributed by atoms with Gasteiger partial charge in [0.2, 0.25) is 0 Å². The molecule has 0 fully saturated rings. The van der Waals surface area contributed by atoms with Gasteiger partial charge in [0.25, 0.3) is 0 Å². The Morgan fingerprint density at radius 1 is 0.925 bits per heavy atom. The first-order valence-corrected chi connectivity index (χ1v) is 14.1. The third kappa shape index (κ3) is 28.1. The Hall–Kier alpha value is -2.89. The van der Waals surface area contributed by atoms with Crippen molar-refractivity contribution in [3.8, 4) is 0 Å². The molecule has 3 nitrogen and oxygen atoms in total. The minimum absolute atomic E-state index is 0.412. The lowest BCUT2D eigenvalue weighted by atomic mass is 10.00. The number of unbranched alkanes of at least 4 members (excludes halogenated alkanes) is 1. The third-order valence-corrected chi connectivity index (χ3v) is 4.10. The molecule has 0 aromatic heterocycles. The average Bonchev–Trinajstić information content (AvgIpc) is 2.89. The minimum atomic E-state index is -4.41. The number of allylic oxidation sites excluding steroid dienone is 3. The molecule has 1 aromatic carbocycles. The molecule has 0 heterocycles. The lowest BCUT2D eigenvalue weighted by Crippen LogP contribution is -2.14. The number of nitrogens with one attached hydrogen (secondary N) is 1. The van der Waals surface area contributed by atoms with E-state index in [2.05, 4.69) is 76.6 Å². The van der Waals surface area contributed by atoms with Crippen LogP contribution in [0.15, 0.2) is 77.4 Å². The summed E-state index contributed by atoms with van der Waals surface area (Å²) in [4.78, 5) is 8.36. The van der Waals surface area contributed by atoms with Gasteiger partial charge in [-0.05, 0) is 67.5 Å². The molecule has 0 saturated heterocycles. The van der Waals surface area contributed by atoms with E-state index in [1.54, 1.807) is 25.3 Å². The Kier molecular flexibility index (Phi) is 29.1. The van der Waals surface area contributed by atoms with Gasteiger partial charge in [-0.15, -0.1) is 13.2 Å². The average molecular weight is 566 g/mol. The highest BCUT2D eigenvalue weighted by atomic mass is 19.4. The van der Waals surface area contributed by atoms with Gasteiger partial charge in [-0.2, -0.15) is 13.2 Å². The van der Waals surface area contributed by atoms with Crippen LogP contribution in [-0.4, -0.2) is 18.6 Å². The molecule has 1 N–H and O–H groups in total. The van der Waals surface area contributed by atoms with Crippen LogP contribution in [0.3, 0.4) is 0 Å². The van der Waals surface area contributed by atoms with E-state index in [9.17, 15) is 13.2 Å². The van der Waals surface area contributed by atoms with Gasteiger partial charge in [-0.3, -0.25) is 9.98 Å². The van der Waals surface area contributed by atoms with Gasteiger partial charge in [0.15, 0.2) is 0 Å². The number of alkyl halides is 3. The molecule has 0 spiro atoms. The highest BCUT2D eigenvalue weighted by Gasteiger charge is 2.30. The zero-order valence-corrected chi connectivity index (χ0v) is 27.5. The van der Waals surface area contributed by atoms with Gasteiger partial charge in [0.05, 0.1) is 11.9 Å². The maximum atomic E-state index is 13.1. The van der Waals surface area contributed by atoms with Gasteiger partial charge >= 0.3 is 6.18 Å². The number of benzene rings is 1. The Balaban J connectivity index is -0.000000419. The van der Waals surface area contributed by atoms with Crippen LogP contribution in [0.1, 0.15) is 113 Å². The van der Waals surface area contributed by atoms with Gasteiger partial charge in [0, 0.05) is 24.2 Å². The molecule has 0 amide bonds. The Bertz CT molecular complexity index is 888. The fourth-order valence-electron chi connectivity index (χ4n) is 2.12. The lowest BCUT2D eigenvalue weighted by molar-refractivity contribution is -0.137. The fraction of sp³-hybridized carbons (Fsp3) is 0.529. The molecule has 1 aromatic rings. The number of nitrogens with zero attached hydrogens (tertiary/aromatic N) is 2. The second kappa shape index (κ2) is 26.3. The van der Waals surface area contributed by atoms with Gasteiger partial charge in [-0.25, -0.2) is 0 Å². The summed E-state index contributed by atoms with van der Waals surface area (Å²) in [7, 11) is 0. The topological polar surface area (TPSA) is 36.8 Å². The van der Waals surface area contributed by atoms with Gasteiger partial charge in [-0.1, -0.05) is 93.9 Å². The molecule has 0 saturated carbocycles. The summed E-state index contributed by atoms with van der Waals surface area (Å²) in [5.41, 5.74) is 2.97. The standard InChI is InChI=1S/C21H26F3N3.C5H12.C4H10.C2H6.C2H4/c1-6-11-25-14-27-20(17(5)16(4)10-12-26-15(2)3)18-8-7-9-19(13-18)21(22,23)24;1-5(2,3)4;1-3-4-2;2*1-2/h7-10,12-14H,4,6,11H2,1-3,5H3,(H,25,27);1-4H3;3-4H2,1-2H3;1-2H3;1-2H2/b12-10-,20-17+;;;;. The van der Waals surface area contributed by atoms with Crippen LogP contribution >= 0.6 is 0 Å². The molecule has 6 heteroatoms. The molecular weight excluding hydrogens is 507 g/mol. The van der Waals surface area contributed by atoms with E-state index in [4.69, 9.17) is 0 Å². The third-order valence-electron chi connectivity index (χ3n) is 4.10. The normalized spacial score (nSPS) is 11.3. The zero-order chi connectivity index (χ0) is 32.4. The highest BCUT2D eigenvalue weighted by molar-refractivity contribution is 5.81. The van der Waals surface area contributed by atoms with Crippen molar-refractivity contribution < 1.29 is 13.2 Å². The molecule has 230 valence electrons. The van der Waals surface area contributed by atoms with Crippen LogP contribution in [0, 0.1) is 5.41 Å². The van der Waals surface area contributed by atoms with E-state index in [-0.39, 0.29) is 0 Å². The van der Waals surface area contributed by atoms with Crippen LogP contribution in [-0.2, 0) is 6.18 Å². The summed E-state index contributed by atoms with van der Waals surface area (Å²) in [6, 6.07) is 5.18. The van der Waals surface area contributed by atoms with Crippen LogP contribution < -0.4 is 5.32 Å². The van der Waals surface area contributed by atoms with Crippen LogP contribution in [0.2, 0.25) is 0 Å². The van der Waals surface area contributed by atoms with E-state index in [1.165, 1.54) is 25.2 Å². The first-order chi connectivity index (χ1) is 18.6. The largest absolute Gasteiger partial charge is 0.416 e. The zero-order valence-electron chi connectivity index (χ0n) is 27.5. The molecule has 0 radical (unpaired) electrons. The quantitative estimate of drug-likeness (QED) is 0.137. The summed E-state index contributed by atoms with van der Waals surface area (Å²) >= 11 is 0. The fourth-order valence-corrected chi connectivity index (χ4v) is 2.12. The number of hydrogen-bond acceptors (Lipinski definition) is 2. The van der Waals surface area contributed by atoms with Crippen molar-refractivity contribution in [2.24, 2.45) is 15.4 Å². The van der Waals surface area contributed by atoms with Gasteiger partial charge in [0.1, 0.15) is 0 Å². The Morgan fingerprint density at radius 3 is 1.82 bits per heavy atom. The Labute approximate surface area is 245 Å². The van der Waals surface area contributed by atoms with E-state index in [1.807, 2.05) is 34.6 Å². The number of halogens is 3. The monoisotopic (exact) mass is 565 g/mol. The van der Waals surface area contributed by atoms with Crippen molar-refractivity contribution in [3.05, 3.63) is 78.6 Å². The summed E-state index contributed by atoms with van der Waals surface area (Å²) < 4.78 is 39.2. The summed E-state index contributed by atoms with van der Waals surface area (Å²) in [5, 5.41) is 3.02. The van der Waals surface area contributed by atoms with Crippen molar-refractivity contribution in [2.75, 3.05) is 6.54 Å². The molecule has 0 aliphatic rings. The lowest BCUT2D eigenvalue weighted by Gasteiger charge is -2.15. The van der Waals surface area contributed by atoms with Crippen LogP contribution in [0.25, 0.3) is 5.70 Å². The highest BCUT2D eigenvalue weighted by Crippen LogP contribution is 2.31. The van der Waals surface area contributed by atoms with Crippen LogP contribution in [0.4, 0.5) is 13.2 Å². The van der Waals surface area contributed by atoms with Crippen molar-refractivity contribution in [3.63, 3.8) is 0 Å². The number of rotatable bonds is 9. The molecule has 0 atom stereocenters. The summed E-state index contributed by atoms with van der Waals surface area (Å²) in [6.45, 7) is 35.3. The molecule has 0 unspecified atom stereocenters. The maximum Gasteiger partial charge on any atom is 0.416 e. The summed E-state index contributed by atoms with van der Waals surface area (Å²) in [6.07, 6.45) is 3.96. The molecule has 0 aliphatic heterocycles. The predicted octanol–water partition coefficient (Wildman–Crippen LogP) is 11.7. The summed E-state index contributed by atoms with van der Waals surface area (Å²) in [5.74, 6) is 0. The smallest absolute Gasteiger partial charge is 0.346 e. The molecule has 40 heavy (non-hydrogen) atoms. The van der Waals surface area contributed by atoms with Crippen molar-refractivity contribution >= 4 is 17.7 Å². The van der Waals surface area contributed by atoms with E-state index in [0.29, 0.717) is 34.4 Å². The second-order valence-electron chi connectivity index (χ2n) is 10.2. The minimum Gasteiger partial charge on any atom is -0.346 e. The number of aliphatic imine (C=N–C) groups is 2. The molecule has 0 aliphatic carbocycles. The van der Waals surface area contributed by atoms with Crippen LogP contribution in [0.5, 0.6) is 0 Å². The first kappa shape index (κ1) is 44.1. The van der Waals surface area contributed by atoms with Crippen molar-refractivity contribution in [1.29, 1.82) is 0 Å².